The van der Waals surface area contributed by atoms with E-state index in [1.807, 2.05) is 54.6 Å². The van der Waals surface area contributed by atoms with Crippen LogP contribution in [0.4, 0.5) is 10.6 Å². The molecule has 0 saturated heterocycles. The van der Waals surface area contributed by atoms with E-state index >= 15 is 0 Å². The highest BCUT2D eigenvalue weighted by Crippen LogP contribution is 2.24. The van der Waals surface area contributed by atoms with E-state index < -0.39 is 6.09 Å². The molecule has 0 atom stereocenters. The van der Waals surface area contributed by atoms with E-state index in [4.69, 9.17) is 4.74 Å². The highest BCUT2D eigenvalue weighted by molar-refractivity contribution is 9.10. The Labute approximate surface area is 136 Å². The van der Waals surface area contributed by atoms with E-state index in [-0.39, 0.29) is 6.61 Å². The van der Waals surface area contributed by atoms with Gasteiger partial charge in [0.25, 0.3) is 0 Å². The van der Waals surface area contributed by atoms with Crippen LogP contribution in [0, 0.1) is 0 Å². The van der Waals surface area contributed by atoms with Gasteiger partial charge in [0.05, 0.1) is 0 Å². The van der Waals surface area contributed by atoms with Crippen molar-refractivity contribution in [1.29, 1.82) is 0 Å². The Bertz CT molecular complexity index is 806. The average Bonchev–Trinajstić information content (AvgIpc) is 2.54. The number of anilines is 1. The molecule has 0 aliphatic rings. The number of pyridine rings is 1. The van der Waals surface area contributed by atoms with Gasteiger partial charge in [-0.05, 0) is 29.1 Å². The predicted molar refractivity (Wildman–Crippen MR) is 89.7 cm³/mol. The second-order valence-electron chi connectivity index (χ2n) is 4.71. The molecule has 0 fully saturated rings. The van der Waals surface area contributed by atoms with Crippen LogP contribution in [0.3, 0.4) is 0 Å². The van der Waals surface area contributed by atoms with Gasteiger partial charge in [-0.25, -0.2) is 9.78 Å². The van der Waals surface area contributed by atoms with Crippen molar-refractivity contribution in [2.75, 3.05) is 5.32 Å². The summed E-state index contributed by atoms with van der Waals surface area (Å²) < 4.78 is 6.13. The molecule has 3 aromatic rings. The first kappa shape index (κ1) is 14.5. The molecule has 3 rings (SSSR count). The Morgan fingerprint density at radius 3 is 2.77 bits per heavy atom. The van der Waals surface area contributed by atoms with Crippen LogP contribution in [0.25, 0.3) is 10.8 Å². The fraction of sp³-hybridized carbons (Fsp3) is 0.0588. The van der Waals surface area contributed by atoms with E-state index in [2.05, 4.69) is 26.2 Å². The minimum atomic E-state index is -0.524. The summed E-state index contributed by atoms with van der Waals surface area (Å²) >= 11 is 3.42. The molecule has 1 N–H and O–H groups in total. The SMILES string of the molecule is O=C(Nc1nccc2ccc(Br)cc12)OCc1ccccc1. The summed E-state index contributed by atoms with van der Waals surface area (Å²) in [5.74, 6) is 0.483. The van der Waals surface area contributed by atoms with Gasteiger partial charge in [-0.2, -0.15) is 0 Å². The summed E-state index contributed by atoms with van der Waals surface area (Å²) in [4.78, 5) is 16.1. The van der Waals surface area contributed by atoms with Crippen molar-refractivity contribution in [3.8, 4) is 0 Å². The van der Waals surface area contributed by atoms with Gasteiger partial charge in [-0.1, -0.05) is 52.3 Å². The molecule has 0 aliphatic carbocycles. The van der Waals surface area contributed by atoms with Gasteiger partial charge in [0.2, 0.25) is 0 Å². The van der Waals surface area contributed by atoms with Gasteiger partial charge >= 0.3 is 6.09 Å². The van der Waals surface area contributed by atoms with E-state index in [1.54, 1.807) is 6.20 Å². The fourth-order valence-electron chi connectivity index (χ4n) is 2.10. The molecule has 1 aromatic heterocycles. The number of amides is 1. The van der Waals surface area contributed by atoms with Crippen LogP contribution in [-0.4, -0.2) is 11.1 Å². The molecular formula is C17H13BrN2O2. The molecule has 0 saturated carbocycles. The third-order valence-corrected chi connectivity index (χ3v) is 3.65. The fourth-order valence-corrected chi connectivity index (χ4v) is 2.46. The average molecular weight is 357 g/mol. The van der Waals surface area contributed by atoms with Crippen LogP contribution >= 0.6 is 15.9 Å². The second kappa shape index (κ2) is 6.58. The quantitative estimate of drug-likeness (QED) is 0.736. The molecule has 0 radical (unpaired) electrons. The van der Waals surface area contributed by atoms with Gasteiger partial charge in [0.15, 0.2) is 0 Å². The number of hydrogen-bond donors (Lipinski definition) is 1. The molecule has 2 aromatic carbocycles. The van der Waals surface area contributed by atoms with Crippen LogP contribution < -0.4 is 5.32 Å². The monoisotopic (exact) mass is 356 g/mol. The normalized spacial score (nSPS) is 10.4. The van der Waals surface area contributed by atoms with E-state index in [9.17, 15) is 4.79 Å². The topological polar surface area (TPSA) is 51.2 Å². The van der Waals surface area contributed by atoms with Crippen LogP contribution in [-0.2, 0) is 11.3 Å². The second-order valence-corrected chi connectivity index (χ2v) is 5.63. The molecule has 110 valence electrons. The number of ether oxygens (including phenoxy) is 1. The first-order valence-corrected chi connectivity index (χ1v) is 7.53. The molecule has 0 aliphatic heterocycles. The van der Waals surface area contributed by atoms with Crippen molar-refractivity contribution >= 4 is 38.6 Å². The molecule has 0 bridgehead atoms. The van der Waals surface area contributed by atoms with Crippen LogP contribution in [0.1, 0.15) is 5.56 Å². The molecule has 22 heavy (non-hydrogen) atoms. The lowest BCUT2D eigenvalue weighted by Gasteiger charge is -2.09. The van der Waals surface area contributed by atoms with Crippen LogP contribution in [0.15, 0.2) is 65.3 Å². The van der Waals surface area contributed by atoms with E-state index in [0.717, 1.165) is 20.8 Å². The van der Waals surface area contributed by atoms with Gasteiger partial charge in [0, 0.05) is 16.1 Å². The summed E-state index contributed by atoms with van der Waals surface area (Å²) in [7, 11) is 0. The first-order chi connectivity index (χ1) is 10.7. The summed E-state index contributed by atoms with van der Waals surface area (Å²) in [6.45, 7) is 0.223. The summed E-state index contributed by atoms with van der Waals surface area (Å²) in [6.07, 6.45) is 1.13. The zero-order valence-electron chi connectivity index (χ0n) is 11.6. The number of fused-ring (bicyclic) bond motifs is 1. The number of halogens is 1. The number of aromatic nitrogens is 1. The van der Waals surface area contributed by atoms with Gasteiger partial charge in [0.1, 0.15) is 12.4 Å². The van der Waals surface area contributed by atoms with Crippen LogP contribution in [0.2, 0.25) is 0 Å². The van der Waals surface area contributed by atoms with Crippen molar-refractivity contribution in [1.82, 2.24) is 4.98 Å². The molecule has 0 unspecified atom stereocenters. The maximum absolute atomic E-state index is 11.9. The van der Waals surface area contributed by atoms with Crippen molar-refractivity contribution in [3.05, 3.63) is 70.8 Å². The molecular weight excluding hydrogens is 344 g/mol. The maximum Gasteiger partial charge on any atom is 0.413 e. The van der Waals surface area contributed by atoms with Gasteiger partial charge < -0.3 is 4.74 Å². The van der Waals surface area contributed by atoms with Crippen LogP contribution in [0.5, 0.6) is 0 Å². The Kier molecular flexibility index (Phi) is 4.34. The number of benzene rings is 2. The highest BCUT2D eigenvalue weighted by Gasteiger charge is 2.08. The Morgan fingerprint density at radius 1 is 1.14 bits per heavy atom. The van der Waals surface area contributed by atoms with Crippen molar-refractivity contribution in [2.24, 2.45) is 0 Å². The minimum Gasteiger partial charge on any atom is -0.444 e. The Balaban J connectivity index is 1.73. The summed E-state index contributed by atoms with van der Waals surface area (Å²) in [6, 6.07) is 17.2. The molecule has 4 nitrogen and oxygen atoms in total. The lowest BCUT2D eigenvalue weighted by Crippen LogP contribution is -2.14. The first-order valence-electron chi connectivity index (χ1n) is 6.74. The van der Waals surface area contributed by atoms with Crippen molar-refractivity contribution in [3.63, 3.8) is 0 Å². The van der Waals surface area contributed by atoms with Gasteiger partial charge in [-0.3, -0.25) is 5.32 Å². The zero-order valence-corrected chi connectivity index (χ0v) is 13.2. The lowest BCUT2D eigenvalue weighted by molar-refractivity contribution is 0.155. The van der Waals surface area contributed by atoms with Gasteiger partial charge in [-0.15, -0.1) is 0 Å². The number of rotatable bonds is 3. The maximum atomic E-state index is 11.9. The zero-order chi connectivity index (χ0) is 15.4. The number of carbonyl (C=O) groups excluding carboxylic acids is 1. The standard InChI is InChI=1S/C17H13BrN2O2/c18-14-7-6-13-8-9-19-16(15(13)10-14)20-17(21)22-11-12-4-2-1-3-5-12/h1-10H,11H2,(H,19,20,21). The molecule has 0 spiro atoms. The largest absolute Gasteiger partial charge is 0.444 e. The lowest BCUT2D eigenvalue weighted by atomic mass is 10.1. The number of nitrogens with one attached hydrogen (secondary N) is 1. The third-order valence-electron chi connectivity index (χ3n) is 3.16. The number of hydrogen-bond acceptors (Lipinski definition) is 3. The number of nitrogens with zero attached hydrogens (tertiary/aromatic N) is 1. The molecule has 1 amide bonds. The minimum absolute atomic E-state index is 0.223. The summed E-state index contributed by atoms with van der Waals surface area (Å²) in [5.41, 5.74) is 0.936. The van der Waals surface area contributed by atoms with Crippen molar-refractivity contribution in [2.45, 2.75) is 6.61 Å². The smallest absolute Gasteiger partial charge is 0.413 e. The molecule has 1 heterocycles. The van der Waals surface area contributed by atoms with E-state index in [0.29, 0.717) is 5.82 Å². The number of carbonyl (C=O) groups is 1. The van der Waals surface area contributed by atoms with E-state index in [1.165, 1.54) is 0 Å². The molecule has 5 heteroatoms. The highest BCUT2D eigenvalue weighted by atomic mass is 79.9. The third kappa shape index (κ3) is 3.43. The predicted octanol–water partition coefficient (Wildman–Crippen LogP) is 4.75. The summed E-state index contributed by atoms with van der Waals surface area (Å²) in [5, 5.41) is 4.54. The van der Waals surface area contributed by atoms with Crippen molar-refractivity contribution < 1.29 is 9.53 Å². The Hall–Kier alpha value is -2.40. The Morgan fingerprint density at radius 2 is 1.95 bits per heavy atom.